The van der Waals surface area contributed by atoms with Crippen LogP contribution in [0, 0.1) is 5.92 Å². The van der Waals surface area contributed by atoms with Crippen molar-refractivity contribution in [3.63, 3.8) is 0 Å². The Labute approximate surface area is 89.6 Å². The molecule has 0 aromatic heterocycles. The van der Waals surface area contributed by atoms with Gasteiger partial charge in [-0.05, 0) is 38.1 Å². The Morgan fingerprint density at radius 1 is 1.21 bits per heavy atom. The lowest BCUT2D eigenvalue weighted by Crippen LogP contribution is -2.37. The molecule has 0 aromatic rings. The third-order valence-electron chi connectivity index (χ3n) is 2.58. The lowest BCUT2D eigenvalue weighted by Gasteiger charge is -2.28. The quantitative estimate of drug-likeness (QED) is 0.719. The molecule has 0 unspecified atom stereocenters. The lowest BCUT2D eigenvalue weighted by atomic mass is 9.87. The Kier molecular flexibility index (Phi) is 8.20. The van der Waals surface area contributed by atoms with Crippen LogP contribution in [0.4, 0.5) is 0 Å². The molecule has 2 nitrogen and oxygen atoms in total. The van der Waals surface area contributed by atoms with Gasteiger partial charge in [-0.3, -0.25) is 0 Å². The molecule has 0 heterocycles. The number of hydrogen-bond acceptors (Lipinski definition) is 2. The van der Waals surface area contributed by atoms with Crippen molar-refractivity contribution in [1.82, 2.24) is 5.32 Å². The van der Waals surface area contributed by atoms with Crippen molar-refractivity contribution >= 4 is 0 Å². The summed E-state index contributed by atoms with van der Waals surface area (Å²) in [5.41, 5.74) is 4.85. The van der Waals surface area contributed by atoms with E-state index >= 15 is 0 Å². The number of nitrogens with two attached hydrogens (primary N) is 1. The summed E-state index contributed by atoms with van der Waals surface area (Å²) in [7, 11) is 0. The molecule has 0 spiro atoms. The molecule has 0 radical (unpaired) electrons. The van der Waals surface area contributed by atoms with E-state index in [-0.39, 0.29) is 0 Å². The summed E-state index contributed by atoms with van der Waals surface area (Å²) >= 11 is 0. The van der Waals surface area contributed by atoms with Gasteiger partial charge < -0.3 is 11.1 Å². The van der Waals surface area contributed by atoms with E-state index in [9.17, 15) is 0 Å². The molecule has 86 valence electrons. The Morgan fingerprint density at radius 3 is 2.00 bits per heavy atom. The molecule has 0 bridgehead atoms. The SMILES string of the molecule is CC1CCC(NC(C)C)CC1.CCN. The van der Waals surface area contributed by atoms with Crippen LogP contribution in [0.1, 0.15) is 53.4 Å². The highest BCUT2D eigenvalue weighted by atomic mass is 14.9. The molecule has 1 fully saturated rings. The molecule has 0 aromatic carbocycles. The molecule has 2 heteroatoms. The maximum atomic E-state index is 4.85. The highest BCUT2D eigenvalue weighted by Gasteiger charge is 2.17. The van der Waals surface area contributed by atoms with E-state index in [1.165, 1.54) is 25.7 Å². The zero-order valence-corrected chi connectivity index (χ0v) is 10.3. The first kappa shape index (κ1) is 13.9. The van der Waals surface area contributed by atoms with Crippen LogP contribution in [-0.4, -0.2) is 18.6 Å². The summed E-state index contributed by atoms with van der Waals surface area (Å²) < 4.78 is 0. The highest BCUT2D eigenvalue weighted by Crippen LogP contribution is 2.23. The minimum atomic E-state index is 0.661. The summed E-state index contributed by atoms with van der Waals surface area (Å²) in [4.78, 5) is 0. The Hall–Kier alpha value is -0.0800. The van der Waals surface area contributed by atoms with Crippen molar-refractivity contribution in [2.75, 3.05) is 6.54 Å². The highest BCUT2D eigenvalue weighted by molar-refractivity contribution is 4.76. The van der Waals surface area contributed by atoms with Gasteiger partial charge in [0.2, 0.25) is 0 Å². The molecule has 3 N–H and O–H groups in total. The zero-order valence-electron chi connectivity index (χ0n) is 10.3. The maximum Gasteiger partial charge on any atom is 0.00696 e. The van der Waals surface area contributed by atoms with Gasteiger partial charge in [0, 0.05) is 12.1 Å². The molecule has 0 atom stereocenters. The standard InChI is InChI=1S/C10H21N.C2H7N/c1-8(2)11-10-6-4-9(3)5-7-10;1-2-3/h8-11H,4-7H2,1-3H3;2-3H2,1H3. The van der Waals surface area contributed by atoms with E-state index in [4.69, 9.17) is 5.73 Å². The van der Waals surface area contributed by atoms with Gasteiger partial charge in [-0.25, -0.2) is 0 Å². The zero-order chi connectivity index (χ0) is 11.0. The number of rotatable bonds is 2. The fourth-order valence-electron chi connectivity index (χ4n) is 1.90. The first-order valence-corrected chi connectivity index (χ1v) is 6.06. The van der Waals surface area contributed by atoms with Crippen LogP contribution in [0.2, 0.25) is 0 Å². The monoisotopic (exact) mass is 200 g/mol. The Morgan fingerprint density at radius 2 is 1.64 bits per heavy atom. The van der Waals surface area contributed by atoms with E-state index in [0.29, 0.717) is 6.04 Å². The van der Waals surface area contributed by atoms with Crippen LogP contribution >= 0.6 is 0 Å². The number of hydrogen-bond donors (Lipinski definition) is 2. The second-order valence-electron chi connectivity index (χ2n) is 4.69. The molecule has 1 saturated carbocycles. The summed E-state index contributed by atoms with van der Waals surface area (Å²) in [6.45, 7) is 9.49. The fraction of sp³-hybridized carbons (Fsp3) is 1.00. The minimum absolute atomic E-state index is 0.661. The largest absolute Gasteiger partial charge is 0.331 e. The van der Waals surface area contributed by atoms with Crippen molar-refractivity contribution in [3.05, 3.63) is 0 Å². The van der Waals surface area contributed by atoms with Crippen molar-refractivity contribution in [2.45, 2.75) is 65.5 Å². The molecule has 1 rings (SSSR count). The molecule has 1 aliphatic rings. The van der Waals surface area contributed by atoms with Crippen molar-refractivity contribution in [1.29, 1.82) is 0 Å². The lowest BCUT2D eigenvalue weighted by molar-refractivity contribution is 0.295. The van der Waals surface area contributed by atoms with E-state index in [2.05, 4.69) is 26.1 Å². The fourth-order valence-corrected chi connectivity index (χ4v) is 1.90. The minimum Gasteiger partial charge on any atom is -0.331 e. The van der Waals surface area contributed by atoms with E-state index in [1.54, 1.807) is 0 Å². The summed E-state index contributed by atoms with van der Waals surface area (Å²) in [6.07, 6.45) is 5.62. The molecule has 1 aliphatic carbocycles. The summed E-state index contributed by atoms with van der Waals surface area (Å²) in [5, 5.41) is 3.60. The van der Waals surface area contributed by atoms with Crippen LogP contribution < -0.4 is 11.1 Å². The number of nitrogens with one attached hydrogen (secondary N) is 1. The van der Waals surface area contributed by atoms with Gasteiger partial charge in [-0.1, -0.05) is 27.7 Å². The third kappa shape index (κ3) is 7.34. The van der Waals surface area contributed by atoms with Crippen LogP contribution in [0.25, 0.3) is 0 Å². The smallest absolute Gasteiger partial charge is 0.00696 e. The Balaban J connectivity index is 0.000000500. The van der Waals surface area contributed by atoms with Gasteiger partial charge in [0.15, 0.2) is 0 Å². The topological polar surface area (TPSA) is 38.0 Å². The van der Waals surface area contributed by atoms with E-state index < -0.39 is 0 Å². The first-order valence-electron chi connectivity index (χ1n) is 6.06. The first-order chi connectivity index (χ1) is 6.60. The molecular formula is C12H28N2. The molecule has 0 saturated heterocycles. The second kappa shape index (κ2) is 8.25. The normalized spacial score (nSPS) is 27.0. The molecule has 14 heavy (non-hydrogen) atoms. The van der Waals surface area contributed by atoms with Crippen molar-refractivity contribution in [3.8, 4) is 0 Å². The molecule has 0 aliphatic heterocycles. The van der Waals surface area contributed by atoms with Gasteiger partial charge in [0.1, 0.15) is 0 Å². The van der Waals surface area contributed by atoms with Gasteiger partial charge >= 0.3 is 0 Å². The third-order valence-corrected chi connectivity index (χ3v) is 2.58. The van der Waals surface area contributed by atoms with Gasteiger partial charge in [0.25, 0.3) is 0 Å². The van der Waals surface area contributed by atoms with Crippen LogP contribution in [0.5, 0.6) is 0 Å². The van der Waals surface area contributed by atoms with Crippen molar-refractivity contribution in [2.24, 2.45) is 11.7 Å². The van der Waals surface area contributed by atoms with Gasteiger partial charge in [-0.15, -0.1) is 0 Å². The molecular weight excluding hydrogens is 172 g/mol. The Bertz CT molecular complexity index is 115. The average Bonchev–Trinajstić information content (AvgIpc) is 2.09. The van der Waals surface area contributed by atoms with E-state index in [1.807, 2.05) is 6.92 Å². The van der Waals surface area contributed by atoms with Crippen LogP contribution in [-0.2, 0) is 0 Å². The summed E-state index contributed by atoms with van der Waals surface area (Å²) in [5.74, 6) is 0.972. The maximum absolute atomic E-state index is 4.85. The van der Waals surface area contributed by atoms with Gasteiger partial charge in [0.05, 0.1) is 0 Å². The predicted octanol–water partition coefficient (Wildman–Crippen LogP) is 2.53. The van der Waals surface area contributed by atoms with Gasteiger partial charge in [-0.2, -0.15) is 0 Å². The average molecular weight is 200 g/mol. The predicted molar refractivity (Wildman–Crippen MR) is 64.4 cm³/mol. The van der Waals surface area contributed by atoms with Crippen LogP contribution in [0.3, 0.4) is 0 Å². The summed E-state index contributed by atoms with van der Waals surface area (Å²) in [6, 6.07) is 1.47. The molecule has 0 amide bonds. The second-order valence-corrected chi connectivity index (χ2v) is 4.69. The van der Waals surface area contributed by atoms with E-state index in [0.717, 1.165) is 18.5 Å². The van der Waals surface area contributed by atoms with Crippen LogP contribution in [0.15, 0.2) is 0 Å². The van der Waals surface area contributed by atoms with Crippen molar-refractivity contribution < 1.29 is 0 Å².